The van der Waals surface area contributed by atoms with Gasteiger partial charge in [-0.1, -0.05) is 20.3 Å². The highest BCUT2D eigenvalue weighted by Gasteiger charge is 2.11. The number of fused-ring (bicyclic) bond motifs is 1. The molecule has 0 aromatic carbocycles. The van der Waals surface area contributed by atoms with Crippen molar-refractivity contribution in [3.8, 4) is 5.88 Å². The van der Waals surface area contributed by atoms with Gasteiger partial charge >= 0.3 is 0 Å². The summed E-state index contributed by atoms with van der Waals surface area (Å²) >= 11 is 0. The Bertz CT molecular complexity index is 478. The van der Waals surface area contributed by atoms with Crippen LogP contribution in [0.25, 0.3) is 11.2 Å². The van der Waals surface area contributed by atoms with Crippen LogP contribution in [0.5, 0.6) is 5.88 Å². The van der Waals surface area contributed by atoms with Gasteiger partial charge in [-0.25, -0.2) is 4.98 Å². The molecule has 0 aliphatic heterocycles. The van der Waals surface area contributed by atoms with E-state index in [2.05, 4.69) is 28.8 Å². The molecule has 0 fully saturated rings. The van der Waals surface area contributed by atoms with Gasteiger partial charge in [0.1, 0.15) is 5.82 Å². The predicted molar refractivity (Wildman–Crippen MR) is 63.8 cm³/mol. The lowest BCUT2D eigenvalue weighted by atomic mass is 10.1. The summed E-state index contributed by atoms with van der Waals surface area (Å²) < 4.78 is 5.07. The molecule has 16 heavy (non-hydrogen) atoms. The van der Waals surface area contributed by atoms with Crippen molar-refractivity contribution >= 4 is 11.2 Å². The van der Waals surface area contributed by atoms with Gasteiger partial charge in [-0.15, -0.1) is 0 Å². The number of hydrogen-bond donors (Lipinski definition) is 1. The molecule has 4 heteroatoms. The van der Waals surface area contributed by atoms with Gasteiger partial charge in [0.2, 0.25) is 5.88 Å². The van der Waals surface area contributed by atoms with Crippen LogP contribution in [0.4, 0.5) is 0 Å². The van der Waals surface area contributed by atoms with E-state index in [0.29, 0.717) is 11.8 Å². The summed E-state index contributed by atoms with van der Waals surface area (Å²) in [4.78, 5) is 12.1. The monoisotopic (exact) mass is 219 g/mol. The fourth-order valence-corrected chi connectivity index (χ4v) is 1.81. The van der Waals surface area contributed by atoms with E-state index in [9.17, 15) is 0 Å². The third-order valence-corrected chi connectivity index (χ3v) is 2.74. The van der Waals surface area contributed by atoms with Gasteiger partial charge in [0.25, 0.3) is 0 Å². The normalized spacial score (nSPS) is 12.9. The molecule has 1 N–H and O–H groups in total. The summed E-state index contributed by atoms with van der Waals surface area (Å²) in [6.07, 6.45) is 2.30. The maximum absolute atomic E-state index is 5.07. The molecule has 0 saturated heterocycles. The van der Waals surface area contributed by atoms with Crippen molar-refractivity contribution in [1.82, 2.24) is 15.0 Å². The van der Waals surface area contributed by atoms with E-state index in [1.165, 1.54) is 0 Å². The van der Waals surface area contributed by atoms with Gasteiger partial charge < -0.3 is 9.72 Å². The number of H-pyrrole nitrogens is 1. The van der Waals surface area contributed by atoms with Gasteiger partial charge in [-0.05, 0) is 12.5 Å². The molecule has 4 nitrogen and oxygen atoms in total. The van der Waals surface area contributed by atoms with Gasteiger partial charge in [0.05, 0.1) is 12.6 Å². The Morgan fingerprint density at radius 2 is 2.19 bits per heavy atom. The third-order valence-electron chi connectivity index (χ3n) is 2.74. The Hall–Kier alpha value is -1.58. The Morgan fingerprint density at radius 1 is 1.38 bits per heavy atom. The number of hydrogen-bond acceptors (Lipinski definition) is 3. The van der Waals surface area contributed by atoms with Crippen LogP contribution in [-0.4, -0.2) is 22.1 Å². The van der Waals surface area contributed by atoms with Crippen LogP contribution in [0.2, 0.25) is 0 Å². The van der Waals surface area contributed by atoms with E-state index in [1.54, 1.807) is 7.11 Å². The third kappa shape index (κ3) is 2.01. The Kier molecular flexibility index (Phi) is 3.08. The van der Waals surface area contributed by atoms with E-state index in [0.717, 1.165) is 29.8 Å². The molecule has 0 aliphatic carbocycles. The lowest BCUT2D eigenvalue weighted by molar-refractivity contribution is 0.399. The number of rotatable bonds is 4. The van der Waals surface area contributed by atoms with E-state index < -0.39 is 0 Å². The van der Waals surface area contributed by atoms with Gasteiger partial charge in [0, 0.05) is 12.0 Å². The number of pyridine rings is 1. The highest BCUT2D eigenvalue weighted by Crippen LogP contribution is 2.21. The van der Waals surface area contributed by atoms with Crippen LogP contribution in [0.1, 0.15) is 38.4 Å². The Labute approximate surface area is 95.1 Å². The standard InChI is InChI=1S/C12H17N3O/c1-4-5-8(2)11-13-9-6-7-10(16-3)14-12(9)15-11/h6-8H,4-5H2,1-3H3,(H,13,14,15). The summed E-state index contributed by atoms with van der Waals surface area (Å²) in [6.45, 7) is 4.36. The number of imidazole rings is 1. The summed E-state index contributed by atoms with van der Waals surface area (Å²) in [5.74, 6) is 2.07. The van der Waals surface area contributed by atoms with Crippen LogP contribution < -0.4 is 4.74 Å². The van der Waals surface area contributed by atoms with Crippen LogP contribution in [-0.2, 0) is 0 Å². The predicted octanol–water partition coefficient (Wildman–Crippen LogP) is 2.87. The van der Waals surface area contributed by atoms with Crippen LogP contribution in [0, 0.1) is 0 Å². The number of methoxy groups -OCH3 is 1. The maximum atomic E-state index is 5.07. The number of aromatic nitrogens is 3. The average molecular weight is 219 g/mol. The number of aromatic amines is 1. The highest BCUT2D eigenvalue weighted by atomic mass is 16.5. The van der Waals surface area contributed by atoms with E-state index in [1.807, 2.05) is 12.1 Å². The molecule has 0 radical (unpaired) electrons. The molecule has 0 spiro atoms. The number of ether oxygens (including phenoxy) is 1. The largest absolute Gasteiger partial charge is 0.481 e. The maximum Gasteiger partial charge on any atom is 0.215 e. The van der Waals surface area contributed by atoms with Crippen molar-refractivity contribution in [1.29, 1.82) is 0 Å². The van der Waals surface area contributed by atoms with Gasteiger partial charge in [-0.2, -0.15) is 4.98 Å². The first-order valence-corrected chi connectivity index (χ1v) is 5.65. The molecule has 86 valence electrons. The summed E-state index contributed by atoms with van der Waals surface area (Å²) in [5.41, 5.74) is 1.70. The number of nitrogens with zero attached hydrogens (tertiary/aromatic N) is 2. The lowest BCUT2D eigenvalue weighted by Crippen LogP contribution is -1.94. The molecule has 0 amide bonds. The minimum absolute atomic E-state index is 0.449. The highest BCUT2D eigenvalue weighted by molar-refractivity contribution is 5.71. The molecule has 0 saturated carbocycles. The minimum atomic E-state index is 0.449. The van der Waals surface area contributed by atoms with Gasteiger partial charge in [0.15, 0.2) is 5.65 Å². The quantitative estimate of drug-likeness (QED) is 0.860. The molecule has 2 rings (SSSR count). The number of nitrogens with one attached hydrogen (secondary N) is 1. The van der Waals surface area contributed by atoms with Crippen molar-refractivity contribution in [2.75, 3.05) is 7.11 Å². The van der Waals surface area contributed by atoms with Gasteiger partial charge in [-0.3, -0.25) is 0 Å². The first-order chi connectivity index (χ1) is 7.74. The average Bonchev–Trinajstić information content (AvgIpc) is 2.71. The molecular formula is C12H17N3O. The van der Waals surface area contributed by atoms with E-state index >= 15 is 0 Å². The second-order valence-corrected chi connectivity index (χ2v) is 4.04. The van der Waals surface area contributed by atoms with Crippen molar-refractivity contribution in [2.24, 2.45) is 0 Å². The first kappa shape index (κ1) is 10.9. The zero-order valence-corrected chi connectivity index (χ0v) is 9.95. The molecule has 0 aliphatic rings. The second kappa shape index (κ2) is 4.51. The molecule has 0 bridgehead atoms. The summed E-state index contributed by atoms with van der Waals surface area (Å²) in [7, 11) is 1.61. The topological polar surface area (TPSA) is 50.8 Å². The van der Waals surface area contributed by atoms with Crippen LogP contribution in [0.15, 0.2) is 12.1 Å². The zero-order chi connectivity index (χ0) is 11.5. The molecule has 1 unspecified atom stereocenters. The fourth-order valence-electron chi connectivity index (χ4n) is 1.81. The second-order valence-electron chi connectivity index (χ2n) is 4.04. The molecule has 1 atom stereocenters. The van der Waals surface area contributed by atoms with Crippen molar-refractivity contribution < 1.29 is 4.74 Å². The Balaban J connectivity index is 2.35. The molecule has 2 heterocycles. The summed E-state index contributed by atoms with van der Waals surface area (Å²) in [6, 6.07) is 3.80. The zero-order valence-electron chi connectivity index (χ0n) is 9.95. The van der Waals surface area contributed by atoms with Crippen molar-refractivity contribution in [2.45, 2.75) is 32.6 Å². The smallest absolute Gasteiger partial charge is 0.215 e. The fraction of sp³-hybridized carbons (Fsp3) is 0.500. The minimum Gasteiger partial charge on any atom is -0.481 e. The Morgan fingerprint density at radius 3 is 2.88 bits per heavy atom. The van der Waals surface area contributed by atoms with Crippen molar-refractivity contribution in [3.63, 3.8) is 0 Å². The molecule has 2 aromatic rings. The molecule has 2 aromatic heterocycles. The SMILES string of the molecule is CCCC(C)c1nc2nc(OC)ccc2[nH]1. The molecular weight excluding hydrogens is 202 g/mol. The van der Waals surface area contributed by atoms with Crippen molar-refractivity contribution in [3.05, 3.63) is 18.0 Å². The van der Waals surface area contributed by atoms with Crippen LogP contribution in [0.3, 0.4) is 0 Å². The van der Waals surface area contributed by atoms with Crippen LogP contribution >= 0.6 is 0 Å². The summed E-state index contributed by atoms with van der Waals surface area (Å²) in [5, 5.41) is 0. The van der Waals surface area contributed by atoms with E-state index in [4.69, 9.17) is 4.74 Å². The van der Waals surface area contributed by atoms with E-state index in [-0.39, 0.29) is 0 Å². The first-order valence-electron chi connectivity index (χ1n) is 5.65. The lowest BCUT2D eigenvalue weighted by Gasteiger charge is -2.04.